The number of ether oxygens (including phenoxy) is 1. The summed E-state index contributed by atoms with van der Waals surface area (Å²) in [4.78, 5) is 24.3. The number of aryl methyl sites for hydroxylation is 1. The molecular formula is C19H23N3O3. The molecule has 2 N–H and O–H groups in total. The van der Waals surface area contributed by atoms with Gasteiger partial charge in [-0.1, -0.05) is 43.9 Å². The number of benzene rings is 1. The molecule has 0 radical (unpaired) electrons. The van der Waals surface area contributed by atoms with Gasteiger partial charge in [0.15, 0.2) is 5.75 Å². The lowest BCUT2D eigenvalue weighted by atomic mass is 9.98. The zero-order valence-corrected chi connectivity index (χ0v) is 14.4. The molecule has 132 valence electrons. The van der Waals surface area contributed by atoms with Gasteiger partial charge in [0.05, 0.1) is 6.20 Å². The summed E-state index contributed by atoms with van der Waals surface area (Å²) >= 11 is 0. The van der Waals surface area contributed by atoms with Crippen LogP contribution in [0.15, 0.2) is 41.3 Å². The summed E-state index contributed by atoms with van der Waals surface area (Å²) in [6.45, 7) is 1.93. The van der Waals surface area contributed by atoms with Gasteiger partial charge in [-0.15, -0.1) is 0 Å². The van der Waals surface area contributed by atoms with Crippen molar-refractivity contribution in [2.75, 3.05) is 0 Å². The van der Waals surface area contributed by atoms with Crippen molar-refractivity contribution >= 4 is 5.91 Å². The lowest BCUT2D eigenvalue weighted by Crippen LogP contribution is -2.36. The molecule has 1 atom stereocenters. The summed E-state index contributed by atoms with van der Waals surface area (Å²) in [5.41, 5.74) is 6.11. The molecule has 6 heteroatoms. The minimum Gasteiger partial charge on any atom is -0.455 e. The second-order valence-electron chi connectivity index (χ2n) is 6.65. The Balaban J connectivity index is 1.81. The van der Waals surface area contributed by atoms with Gasteiger partial charge < -0.3 is 10.5 Å². The summed E-state index contributed by atoms with van der Waals surface area (Å²) in [6.07, 6.45) is 6.52. The number of nitrogens with two attached hydrogens (primary N) is 1. The fourth-order valence-corrected chi connectivity index (χ4v) is 3.39. The summed E-state index contributed by atoms with van der Waals surface area (Å²) in [5, 5.41) is 4.15. The third kappa shape index (κ3) is 4.07. The van der Waals surface area contributed by atoms with E-state index in [0.717, 1.165) is 18.4 Å². The Kier molecular flexibility index (Phi) is 5.16. The molecule has 1 heterocycles. The molecule has 0 bridgehead atoms. The predicted molar refractivity (Wildman–Crippen MR) is 94.6 cm³/mol. The van der Waals surface area contributed by atoms with Gasteiger partial charge in [-0.3, -0.25) is 9.59 Å². The van der Waals surface area contributed by atoms with Crippen LogP contribution in [-0.4, -0.2) is 15.7 Å². The van der Waals surface area contributed by atoms with Crippen LogP contribution in [0, 0.1) is 12.8 Å². The smallest absolute Gasteiger partial charge is 0.271 e. The maximum atomic E-state index is 12.4. The highest BCUT2D eigenvalue weighted by Gasteiger charge is 2.26. The van der Waals surface area contributed by atoms with Gasteiger partial charge >= 0.3 is 0 Å². The van der Waals surface area contributed by atoms with E-state index in [2.05, 4.69) is 5.10 Å². The molecule has 1 aromatic carbocycles. The van der Waals surface area contributed by atoms with Crippen LogP contribution in [0.5, 0.6) is 11.5 Å². The van der Waals surface area contributed by atoms with E-state index in [0.29, 0.717) is 23.8 Å². The first kappa shape index (κ1) is 17.2. The fraction of sp³-hybridized carbons (Fsp3) is 0.421. The van der Waals surface area contributed by atoms with Crippen molar-refractivity contribution in [1.82, 2.24) is 9.78 Å². The van der Waals surface area contributed by atoms with Gasteiger partial charge in [0.2, 0.25) is 5.91 Å². The van der Waals surface area contributed by atoms with Crippen LogP contribution in [0.2, 0.25) is 0 Å². The second kappa shape index (κ2) is 7.51. The Labute approximate surface area is 146 Å². The Bertz CT molecular complexity index is 810. The Morgan fingerprint density at radius 2 is 2.08 bits per heavy atom. The van der Waals surface area contributed by atoms with E-state index >= 15 is 0 Å². The van der Waals surface area contributed by atoms with Crippen molar-refractivity contribution in [3.05, 3.63) is 52.4 Å². The van der Waals surface area contributed by atoms with E-state index in [1.54, 1.807) is 0 Å². The van der Waals surface area contributed by atoms with Crippen molar-refractivity contribution in [3.63, 3.8) is 0 Å². The van der Waals surface area contributed by atoms with E-state index in [1.807, 2.05) is 31.2 Å². The monoisotopic (exact) mass is 341 g/mol. The van der Waals surface area contributed by atoms with Crippen molar-refractivity contribution in [2.45, 2.75) is 45.1 Å². The van der Waals surface area contributed by atoms with Gasteiger partial charge in [-0.05, 0) is 30.9 Å². The van der Waals surface area contributed by atoms with E-state index in [-0.39, 0.29) is 5.56 Å². The topological polar surface area (TPSA) is 87.2 Å². The molecule has 0 unspecified atom stereocenters. The molecule has 3 rings (SSSR count). The Hall–Kier alpha value is -2.63. The SMILES string of the molecule is Cc1ccccc1Oc1cnn([C@@H](CC2CCCC2)C(N)=O)c(=O)c1. The van der Waals surface area contributed by atoms with Crippen LogP contribution in [0.4, 0.5) is 0 Å². The number of hydrogen-bond donors (Lipinski definition) is 1. The Morgan fingerprint density at radius 3 is 2.72 bits per heavy atom. The van der Waals surface area contributed by atoms with Gasteiger partial charge in [-0.25, -0.2) is 4.68 Å². The highest BCUT2D eigenvalue weighted by atomic mass is 16.5. The van der Waals surface area contributed by atoms with E-state index in [4.69, 9.17) is 10.5 Å². The van der Waals surface area contributed by atoms with Crippen LogP contribution in [0.3, 0.4) is 0 Å². The predicted octanol–water partition coefficient (Wildman–Crippen LogP) is 2.95. The van der Waals surface area contributed by atoms with Crippen molar-refractivity contribution in [3.8, 4) is 11.5 Å². The number of nitrogens with zero attached hydrogens (tertiary/aromatic N) is 2. The highest BCUT2D eigenvalue weighted by Crippen LogP contribution is 2.31. The minimum absolute atomic E-state index is 0.347. The molecule has 6 nitrogen and oxygen atoms in total. The van der Waals surface area contributed by atoms with Crippen molar-refractivity contribution in [2.24, 2.45) is 11.7 Å². The number of carbonyl (C=O) groups excluding carboxylic acids is 1. The zero-order valence-electron chi connectivity index (χ0n) is 14.4. The lowest BCUT2D eigenvalue weighted by Gasteiger charge is -2.19. The first-order valence-corrected chi connectivity index (χ1v) is 8.66. The van der Waals surface area contributed by atoms with Gasteiger partial charge in [0, 0.05) is 6.07 Å². The number of amides is 1. The highest BCUT2D eigenvalue weighted by molar-refractivity contribution is 5.78. The van der Waals surface area contributed by atoms with Gasteiger partial charge in [0.25, 0.3) is 5.56 Å². The number of primary amides is 1. The van der Waals surface area contributed by atoms with E-state index in [1.165, 1.54) is 29.8 Å². The maximum Gasteiger partial charge on any atom is 0.271 e. The molecule has 0 spiro atoms. The van der Waals surface area contributed by atoms with Crippen LogP contribution >= 0.6 is 0 Å². The fourth-order valence-electron chi connectivity index (χ4n) is 3.39. The summed E-state index contributed by atoms with van der Waals surface area (Å²) in [6, 6.07) is 8.18. The van der Waals surface area contributed by atoms with Crippen molar-refractivity contribution < 1.29 is 9.53 Å². The zero-order chi connectivity index (χ0) is 17.8. The van der Waals surface area contributed by atoms with Crippen LogP contribution in [0.25, 0.3) is 0 Å². The molecule has 1 aliphatic rings. The van der Waals surface area contributed by atoms with Crippen LogP contribution < -0.4 is 16.0 Å². The molecule has 2 aromatic rings. The quantitative estimate of drug-likeness (QED) is 0.875. The third-order valence-electron chi connectivity index (χ3n) is 4.78. The molecule has 1 saturated carbocycles. The Morgan fingerprint density at radius 1 is 1.36 bits per heavy atom. The molecule has 1 aromatic heterocycles. The third-order valence-corrected chi connectivity index (χ3v) is 4.78. The first-order chi connectivity index (χ1) is 12.0. The molecule has 1 fully saturated rings. The van der Waals surface area contributed by atoms with Crippen LogP contribution in [0.1, 0.15) is 43.7 Å². The number of para-hydroxylation sites is 1. The molecule has 0 saturated heterocycles. The average Bonchev–Trinajstić information content (AvgIpc) is 3.08. The number of hydrogen-bond acceptors (Lipinski definition) is 4. The summed E-state index contributed by atoms with van der Waals surface area (Å²) in [7, 11) is 0. The lowest BCUT2D eigenvalue weighted by molar-refractivity contribution is -0.122. The minimum atomic E-state index is -0.705. The standard InChI is InChI=1S/C19H23N3O3/c1-13-6-2-5-9-17(13)25-15-11-18(23)22(21-12-15)16(19(20)24)10-14-7-3-4-8-14/h2,5-6,9,11-12,14,16H,3-4,7-8,10H2,1H3,(H2,20,24)/t16-/m0/s1. The van der Waals surface area contributed by atoms with Gasteiger partial charge in [0.1, 0.15) is 11.8 Å². The number of aromatic nitrogens is 2. The largest absolute Gasteiger partial charge is 0.455 e. The van der Waals surface area contributed by atoms with Crippen LogP contribution in [-0.2, 0) is 4.79 Å². The van der Waals surface area contributed by atoms with E-state index in [9.17, 15) is 9.59 Å². The molecule has 25 heavy (non-hydrogen) atoms. The molecule has 1 amide bonds. The average molecular weight is 341 g/mol. The molecule has 1 aliphatic carbocycles. The van der Waals surface area contributed by atoms with Crippen molar-refractivity contribution in [1.29, 1.82) is 0 Å². The molecule has 0 aliphatic heterocycles. The number of rotatable bonds is 6. The first-order valence-electron chi connectivity index (χ1n) is 8.66. The van der Waals surface area contributed by atoms with Gasteiger partial charge in [-0.2, -0.15) is 5.10 Å². The number of carbonyl (C=O) groups is 1. The normalized spacial score (nSPS) is 15.9. The maximum absolute atomic E-state index is 12.4. The second-order valence-corrected chi connectivity index (χ2v) is 6.65. The van der Waals surface area contributed by atoms with E-state index < -0.39 is 11.9 Å². The summed E-state index contributed by atoms with van der Waals surface area (Å²) in [5.74, 6) is 0.918. The molecular weight excluding hydrogens is 318 g/mol. The summed E-state index contributed by atoms with van der Waals surface area (Å²) < 4.78 is 6.91.